The van der Waals surface area contributed by atoms with E-state index in [0.717, 1.165) is 66.6 Å². The molecule has 0 radical (unpaired) electrons. The van der Waals surface area contributed by atoms with E-state index in [0.29, 0.717) is 0 Å². The van der Waals surface area contributed by atoms with E-state index in [9.17, 15) is 0 Å². The lowest BCUT2D eigenvalue weighted by Gasteiger charge is -2.32. The number of fused-ring (bicyclic) bond motifs is 18. The lowest BCUT2D eigenvalue weighted by atomic mass is 9.70. The molecule has 0 bridgehead atoms. The second-order valence-corrected chi connectivity index (χ2v) is 18.3. The summed E-state index contributed by atoms with van der Waals surface area (Å²) in [4.78, 5) is 2.41. The van der Waals surface area contributed by atoms with Crippen LogP contribution in [0.1, 0.15) is 22.3 Å². The monoisotopic (exact) mass is 864 g/mol. The Morgan fingerprint density at radius 3 is 1.57 bits per heavy atom. The number of furan rings is 1. The molecule has 1 spiro atoms. The molecule has 0 aliphatic heterocycles. The molecule has 0 amide bonds. The number of aromatic nitrogens is 1. The average molecular weight is 865 g/mol. The Hall–Kier alpha value is -8.92. The van der Waals surface area contributed by atoms with Gasteiger partial charge >= 0.3 is 0 Å². The second-order valence-electron chi connectivity index (χ2n) is 18.3. The van der Waals surface area contributed by atoms with Crippen molar-refractivity contribution in [1.29, 1.82) is 0 Å². The molecule has 0 unspecified atom stereocenters. The minimum atomic E-state index is -0.476. The molecule has 68 heavy (non-hydrogen) atoms. The summed E-state index contributed by atoms with van der Waals surface area (Å²) in [5, 5.41) is 7.00. The van der Waals surface area contributed by atoms with E-state index < -0.39 is 5.41 Å². The average Bonchev–Trinajstić information content (AvgIpc) is 4.13. The van der Waals surface area contributed by atoms with Crippen LogP contribution in [-0.2, 0) is 5.41 Å². The Morgan fingerprint density at radius 1 is 0.338 bits per heavy atom. The van der Waals surface area contributed by atoms with Gasteiger partial charge in [0.15, 0.2) is 5.58 Å². The van der Waals surface area contributed by atoms with Crippen molar-refractivity contribution in [3.05, 3.63) is 265 Å². The van der Waals surface area contributed by atoms with Crippen LogP contribution in [0, 0.1) is 0 Å². The standard InChI is InChI=1S/C65H40N2O/c1-2-18-47-42(15-1)33-37-55-54-24-14-30-62(64(54)68-63(47)55)66(44-34-31-41(32-35-44)43-16-13-17-45(39-43)67-60-28-11-6-22-52(60)53-23-7-12-29-61(53)67)46-36-38-51-50-21-5-10-27-58(50)65(59(51)40-46)56-25-8-3-19-48(56)49-20-4-9-26-57(49)65/h1-40H. The molecule has 0 N–H and O–H groups in total. The van der Waals surface area contributed by atoms with Gasteiger partial charge in [0.25, 0.3) is 0 Å². The summed E-state index contributed by atoms with van der Waals surface area (Å²) >= 11 is 0. The van der Waals surface area contributed by atoms with Gasteiger partial charge < -0.3 is 13.9 Å². The first-order valence-corrected chi connectivity index (χ1v) is 23.5. The van der Waals surface area contributed by atoms with E-state index in [-0.39, 0.29) is 0 Å². The predicted octanol–water partition coefficient (Wildman–Crippen LogP) is 17.3. The summed E-state index contributed by atoms with van der Waals surface area (Å²) in [6.45, 7) is 0. The fraction of sp³-hybridized carbons (Fsp3) is 0.0154. The zero-order chi connectivity index (χ0) is 44.5. The van der Waals surface area contributed by atoms with Gasteiger partial charge in [-0.15, -0.1) is 0 Å². The normalized spacial score (nSPS) is 13.1. The molecule has 2 heterocycles. The molecule has 15 rings (SSSR count). The molecule has 3 heteroatoms. The van der Waals surface area contributed by atoms with E-state index in [4.69, 9.17) is 4.42 Å². The maximum Gasteiger partial charge on any atom is 0.159 e. The Labute approximate surface area is 393 Å². The van der Waals surface area contributed by atoms with Crippen LogP contribution in [0.15, 0.2) is 247 Å². The molecular weight excluding hydrogens is 825 g/mol. The van der Waals surface area contributed by atoms with Gasteiger partial charge in [0.05, 0.1) is 22.1 Å². The minimum absolute atomic E-state index is 0.476. The van der Waals surface area contributed by atoms with Crippen molar-refractivity contribution in [2.24, 2.45) is 0 Å². The fourth-order valence-electron chi connectivity index (χ4n) is 12.2. The SMILES string of the molecule is c1cc(-c2ccc(N(c3ccc4c(c3)C3(c5ccccc5-c5ccccc53)c3ccccc3-4)c3cccc4c3oc3c5ccccc5ccc43)cc2)cc(-n2c3ccccc3c3ccccc32)c1. The topological polar surface area (TPSA) is 21.3 Å². The van der Waals surface area contributed by atoms with Crippen LogP contribution >= 0.6 is 0 Å². The molecule has 0 fully saturated rings. The van der Waals surface area contributed by atoms with Crippen LogP contribution < -0.4 is 4.90 Å². The van der Waals surface area contributed by atoms with E-state index in [2.05, 4.69) is 252 Å². The van der Waals surface area contributed by atoms with Crippen LogP contribution in [-0.4, -0.2) is 4.57 Å². The first kappa shape index (κ1) is 37.3. The Kier molecular flexibility index (Phi) is 7.71. The van der Waals surface area contributed by atoms with Crippen LogP contribution in [0.4, 0.5) is 17.1 Å². The summed E-state index contributed by atoms with van der Waals surface area (Å²) in [5.74, 6) is 0. The van der Waals surface area contributed by atoms with Gasteiger partial charge in [0, 0.05) is 44.0 Å². The lowest BCUT2D eigenvalue weighted by Crippen LogP contribution is -2.26. The zero-order valence-corrected chi connectivity index (χ0v) is 36.9. The molecule has 0 atom stereocenters. The summed E-state index contributed by atoms with van der Waals surface area (Å²) in [6, 6.07) is 89.2. The molecule has 2 aliphatic rings. The molecule has 2 aliphatic carbocycles. The van der Waals surface area contributed by atoms with Crippen molar-refractivity contribution in [2.45, 2.75) is 5.41 Å². The number of para-hydroxylation sites is 3. The summed E-state index contributed by atoms with van der Waals surface area (Å²) in [5.41, 5.74) is 20.7. The number of anilines is 3. The van der Waals surface area contributed by atoms with E-state index in [1.54, 1.807) is 0 Å². The van der Waals surface area contributed by atoms with Gasteiger partial charge in [-0.05, 0) is 122 Å². The van der Waals surface area contributed by atoms with Gasteiger partial charge in [0.1, 0.15) is 5.58 Å². The van der Waals surface area contributed by atoms with Crippen molar-refractivity contribution in [1.82, 2.24) is 4.57 Å². The molecule has 0 saturated heterocycles. The Balaban J connectivity index is 0.938. The van der Waals surface area contributed by atoms with Gasteiger partial charge in [0.2, 0.25) is 0 Å². The maximum absolute atomic E-state index is 7.11. The molecule has 316 valence electrons. The highest BCUT2D eigenvalue weighted by Gasteiger charge is 2.51. The number of nitrogens with zero attached hydrogens (tertiary/aromatic N) is 2. The molecule has 2 aromatic heterocycles. The third-order valence-corrected chi connectivity index (χ3v) is 15.0. The highest BCUT2D eigenvalue weighted by Crippen LogP contribution is 2.63. The smallest absolute Gasteiger partial charge is 0.159 e. The number of benzene rings is 11. The van der Waals surface area contributed by atoms with Gasteiger partial charge in [-0.3, -0.25) is 0 Å². The quantitative estimate of drug-likeness (QED) is 0.172. The third kappa shape index (κ3) is 5.02. The predicted molar refractivity (Wildman–Crippen MR) is 282 cm³/mol. The van der Waals surface area contributed by atoms with Crippen molar-refractivity contribution in [3.8, 4) is 39.1 Å². The fourth-order valence-corrected chi connectivity index (χ4v) is 12.2. The zero-order valence-electron chi connectivity index (χ0n) is 36.9. The van der Waals surface area contributed by atoms with E-state index in [1.807, 2.05) is 0 Å². The van der Waals surface area contributed by atoms with E-state index >= 15 is 0 Å². The van der Waals surface area contributed by atoms with Crippen molar-refractivity contribution in [3.63, 3.8) is 0 Å². The van der Waals surface area contributed by atoms with Crippen molar-refractivity contribution < 1.29 is 4.42 Å². The van der Waals surface area contributed by atoms with Crippen LogP contribution in [0.25, 0.3) is 93.6 Å². The second kappa shape index (κ2) is 14.0. The number of hydrogen-bond donors (Lipinski definition) is 0. The van der Waals surface area contributed by atoms with E-state index in [1.165, 1.54) is 66.3 Å². The number of rotatable bonds is 5. The van der Waals surface area contributed by atoms with Gasteiger partial charge in [-0.25, -0.2) is 0 Å². The molecular formula is C65H40N2O. The first-order chi connectivity index (χ1) is 33.7. The number of hydrogen-bond acceptors (Lipinski definition) is 2. The summed E-state index contributed by atoms with van der Waals surface area (Å²) < 4.78 is 9.50. The van der Waals surface area contributed by atoms with Crippen LogP contribution in [0.2, 0.25) is 0 Å². The molecule has 0 saturated carbocycles. The Morgan fingerprint density at radius 2 is 0.882 bits per heavy atom. The highest BCUT2D eigenvalue weighted by atomic mass is 16.3. The molecule has 3 nitrogen and oxygen atoms in total. The summed E-state index contributed by atoms with van der Waals surface area (Å²) in [7, 11) is 0. The molecule has 11 aromatic carbocycles. The van der Waals surface area contributed by atoms with Crippen LogP contribution in [0.3, 0.4) is 0 Å². The lowest BCUT2D eigenvalue weighted by molar-refractivity contribution is 0.673. The molecule has 13 aromatic rings. The van der Waals surface area contributed by atoms with Crippen molar-refractivity contribution in [2.75, 3.05) is 4.90 Å². The van der Waals surface area contributed by atoms with Crippen LogP contribution in [0.5, 0.6) is 0 Å². The van der Waals surface area contributed by atoms with Crippen molar-refractivity contribution >= 4 is 71.6 Å². The highest BCUT2D eigenvalue weighted by molar-refractivity contribution is 6.17. The maximum atomic E-state index is 7.11. The summed E-state index contributed by atoms with van der Waals surface area (Å²) in [6.07, 6.45) is 0. The largest absolute Gasteiger partial charge is 0.453 e. The van der Waals surface area contributed by atoms with Gasteiger partial charge in [-0.2, -0.15) is 0 Å². The van der Waals surface area contributed by atoms with Gasteiger partial charge in [-0.1, -0.05) is 182 Å². The Bertz CT molecular complexity index is 4110. The third-order valence-electron chi connectivity index (χ3n) is 15.0. The first-order valence-electron chi connectivity index (χ1n) is 23.5. The minimum Gasteiger partial charge on any atom is -0.453 e.